The van der Waals surface area contributed by atoms with Gasteiger partial charge in [-0.05, 0) is 42.0 Å². The molecule has 0 spiro atoms. The van der Waals surface area contributed by atoms with E-state index in [1.54, 1.807) is 12.1 Å². The van der Waals surface area contributed by atoms with Crippen LogP contribution in [0.3, 0.4) is 0 Å². The van der Waals surface area contributed by atoms with Crippen LogP contribution in [0.2, 0.25) is 0 Å². The molecule has 10 heteroatoms. The van der Waals surface area contributed by atoms with Gasteiger partial charge in [0.25, 0.3) is 0 Å². The van der Waals surface area contributed by atoms with E-state index in [9.17, 15) is 18.8 Å². The first-order valence-electron chi connectivity index (χ1n) is 9.68. The Balaban J connectivity index is 1.65. The lowest BCUT2D eigenvalue weighted by atomic mass is 9.83. The number of fused-ring (bicyclic) bond motifs is 2. The maximum Gasteiger partial charge on any atom is 0.305 e. The highest BCUT2D eigenvalue weighted by Gasteiger charge is 2.56. The summed E-state index contributed by atoms with van der Waals surface area (Å²) < 4.78 is 24.2. The molecule has 3 aromatic rings. The number of imide groups is 1. The van der Waals surface area contributed by atoms with Crippen molar-refractivity contribution in [1.29, 1.82) is 0 Å². The van der Waals surface area contributed by atoms with E-state index in [1.807, 2.05) is 6.07 Å². The molecule has 2 aliphatic rings. The molecule has 3 heterocycles. The van der Waals surface area contributed by atoms with Gasteiger partial charge in [0.15, 0.2) is 11.5 Å². The van der Waals surface area contributed by atoms with Crippen LogP contribution in [0.5, 0.6) is 11.5 Å². The summed E-state index contributed by atoms with van der Waals surface area (Å²) in [5.74, 6) is -1.47. The van der Waals surface area contributed by atoms with E-state index in [0.29, 0.717) is 27.1 Å². The van der Waals surface area contributed by atoms with Crippen LogP contribution in [-0.4, -0.2) is 36.3 Å². The lowest BCUT2D eigenvalue weighted by Gasteiger charge is -2.30. The lowest BCUT2D eigenvalue weighted by molar-refractivity contribution is -0.122. The summed E-state index contributed by atoms with van der Waals surface area (Å²) >= 11 is 2.22. The highest BCUT2D eigenvalue weighted by atomic mass is 32.2. The normalized spacial score (nSPS) is 22.0. The maximum absolute atomic E-state index is 13.6. The molecule has 3 unspecified atom stereocenters. The first-order valence-corrected chi connectivity index (χ1v) is 11.4. The van der Waals surface area contributed by atoms with E-state index in [0.717, 1.165) is 21.8 Å². The Kier molecular flexibility index (Phi) is 5.06. The molecule has 0 radical (unpaired) electrons. The zero-order valence-corrected chi connectivity index (χ0v) is 18.6. The van der Waals surface area contributed by atoms with Gasteiger partial charge in [0.1, 0.15) is 11.1 Å². The summed E-state index contributed by atoms with van der Waals surface area (Å²) in [7, 11) is 3.04. The molecule has 1 fully saturated rings. The van der Waals surface area contributed by atoms with Gasteiger partial charge in [-0.15, -0.1) is 0 Å². The summed E-state index contributed by atoms with van der Waals surface area (Å²) in [6.45, 7) is 0. The molecule has 2 aromatic carbocycles. The highest BCUT2D eigenvalue weighted by Crippen LogP contribution is 2.53. The Morgan fingerprint density at radius 2 is 1.69 bits per heavy atom. The van der Waals surface area contributed by atoms with Gasteiger partial charge < -0.3 is 14.5 Å². The molecule has 2 amide bonds. The number of aromatic amines is 1. The minimum atomic E-state index is -0.727. The third-order valence-electron chi connectivity index (χ3n) is 5.68. The molecule has 1 N–H and O–H groups in total. The molecule has 1 saturated heterocycles. The average molecular weight is 473 g/mol. The van der Waals surface area contributed by atoms with Crippen molar-refractivity contribution in [3.05, 3.63) is 68.4 Å². The first-order chi connectivity index (χ1) is 15.4. The summed E-state index contributed by atoms with van der Waals surface area (Å²) in [4.78, 5) is 43.4. The van der Waals surface area contributed by atoms with Crippen molar-refractivity contribution in [2.45, 2.75) is 16.2 Å². The number of anilines is 1. The number of halogens is 1. The molecule has 5 rings (SSSR count). The molecule has 164 valence electrons. The second kappa shape index (κ2) is 7.79. The number of H-pyrrole nitrogens is 1. The van der Waals surface area contributed by atoms with Gasteiger partial charge in [0.05, 0.1) is 30.9 Å². The number of rotatable bonds is 4. The second-order valence-corrected chi connectivity index (χ2v) is 9.52. The third kappa shape index (κ3) is 3.13. The Hall–Kier alpha value is -3.11. The van der Waals surface area contributed by atoms with E-state index >= 15 is 0 Å². The largest absolute Gasteiger partial charge is 0.493 e. The van der Waals surface area contributed by atoms with Crippen LogP contribution in [0.4, 0.5) is 10.1 Å². The number of benzene rings is 2. The first kappa shape index (κ1) is 20.8. The van der Waals surface area contributed by atoms with Gasteiger partial charge in [0.2, 0.25) is 11.8 Å². The number of carbonyl (C=O) groups excluding carboxylic acids is 2. The predicted octanol–water partition coefficient (Wildman–Crippen LogP) is 3.39. The van der Waals surface area contributed by atoms with Crippen LogP contribution in [0.15, 0.2) is 52.3 Å². The molecule has 0 bridgehead atoms. The topological polar surface area (TPSA) is 88.7 Å². The van der Waals surface area contributed by atoms with Crippen LogP contribution in [-0.2, 0) is 9.59 Å². The smallest absolute Gasteiger partial charge is 0.305 e. The number of amides is 2. The van der Waals surface area contributed by atoms with Crippen molar-refractivity contribution >= 4 is 40.6 Å². The summed E-state index contributed by atoms with van der Waals surface area (Å²) in [6.07, 6.45) is 0. The Bertz CT molecular complexity index is 1290. The van der Waals surface area contributed by atoms with Crippen LogP contribution in [0, 0.1) is 11.7 Å². The van der Waals surface area contributed by atoms with Crippen molar-refractivity contribution in [3.8, 4) is 11.5 Å². The predicted molar refractivity (Wildman–Crippen MR) is 118 cm³/mol. The van der Waals surface area contributed by atoms with Gasteiger partial charge in [-0.2, -0.15) is 0 Å². The molecule has 3 atom stereocenters. The van der Waals surface area contributed by atoms with Crippen molar-refractivity contribution < 1.29 is 23.5 Å². The molecule has 32 heavy (non-hydrogen) atoms. The number of hydrogen-bond donors (Lipinski definition) is 1. The van der Waals surface area contributed by atoms with E-state index in [4.69, 9.17) is 9.47 Å². The number of nitrogens with one attached hydrogen (secondary N) is 1. The third-order valence-corrected chi connectivity index (χ3v) is 8.08. The van der Waals surface area contributed by atoms with E-state index < -0.39 is 22.9 Å². The van der Waals surface area contributed by atoms with Crippen LogP contribution >= 0.6 is 23.1 Å². The van der Waals surface area contributed by atoms with Crippen LogP contribution < -0.4 is 19.2 Å². The summed E-state index contributed by atoms with van der Waals surface area (Å²) in [5, 5.41) is -0.133. The average Bonchev–Trinajstić information content (AvgIpc) is 3.28. The number of thioether (sulfide) groups is 1. The van der Waals surface area contributed by atoms with Gasteiger partial charge in [-0.1, -0.05) is 29.2 Å². The minimum Gasteiger partial charge on any atom is -0.493 e. The zero-order chi connectivity index (χ0) is 22.6. The zero-order valence-electron chi connectivity index (χ0n) is 17.0. The van der Waals surface area contributed by atoms with Gasteiger partial charge in [-0.25, -0.2) is 9.29 Å². The molecule has 7 nitrogen and oxygen atoms in total. The fourth-order valence-corrected chi connectivity index (χ4v) is 6.78. The molecule has 0 aliphatic carbocycles. The molecule has 2 aliphatic heterocycles. The minimum absolute atomic E-state index is 0.247. The van der Waals surface area contributed by atoms with E-state index in [2.05, 4.69) is 4.98 Å². The number of nitrogens with zero attached hydrogens (tertiary/aromatic N) is 1. The summed E-state index contributed by atoms with van der Waals surface area (Å²) in [5.41, 5.74) is 1.05. The SMILES string of the molecule is COc1ccc(C2c3sc(=O)[nH]c3SC3C(=O)N(c4ccc(F)cc4)C(=O)C32)cc1OC. The molecular formula is C22H17FN2O5S2. The fraction of sp³-hybridized carbons (Fsp3) is 0.227. The Morgan fingerprint density at radius 1 is 0.969 bits per heavy atom. The molecular weight excluding hydrogens is 455 g/mol. The fourth-order valence-electron chi connectivity index (χ4n) is 4.27. The standard InChI is InChI=1S/C22H17FN2O5S2/c1-29-13-8-3-10(9-14(13)30-2)15-16-18(31-19-17(15)32-22(28)24-19)21(27)25(20(16)26)12-6-4-11(23)5-7-12/h3-9,15-16,18H,1-2H3,(H,24,28). The molecule has 1 aromatic heterocycles. The van der Waals surface area contributed by atoms with Crippen LogP contribution in [0.1, 0.15) is 16.4 Å². The van der Waals surface area contributed by atoms with E-state index in [1.165, 1.54) is 50.2 Å². The number of carbonyl (C=O) groups is 2. The van der Waals surface area contributed by atoms with Crippen molar-refractivity contribution in [1.82, 2.24) is 4.98 Å². The Labute approximate surface area is 190 Å². The highest BCUT2D eigenvalue weighted by molar-refractivity contribution is 8.00. The van der Waals surface area contributed by atoms with Crippen molar-refractivity contribution in [2.24, 2.45) is 5.92 Å². The van der Waals surface area contributed by atoms with Crippen molar-refractivity contribution in [3.63, 3.8) is 0 Å². The quantitative estimate of drug-likeness (QED) is 0.586. The summed E-state index contributed by atoms with van der Waals surface area (Å²) in [6, 6.07) is 10.6. The maximum atomic E-state index is 13.6. The Morgan fingerprint density at radius 3 is 2.38 bits per heavy atom. The molecule has 0 saturated carbocycles. The number of hydrogen-bond acceptors (Lipinski definition) is 7. The van der Waals surface area contributed by atoms with Crippen molar-refractivity contribution in [2.75, 3.05) is 19.1 Å². The van der Waals surface area contributed by atoms with Gasteiger partial charge in [-0.3, -0.25) is 14.4 Å². The van der Waals surface area contributed by atoms with Gasteiger partial charge >= 0.3 is 4.87 Å². The number of thiazole rings is 1. The number of methoxy groups -OCH3 is 2. The number of aromatic nitrogens is 1. The second-order valence-electron chi connectivity index (χ2n) is 7.35. The van der Waals surface area contributed by atoms with E-state index in [-0.39, 0.29) is 16.7 Å². The number of ether oxygens (including phenoxy) is 2. The monoisotopic (exact) mass is 472 g/mol. The van der Waals surface area contributed by atoms with Gasteiger partial charge in [0, 0.05) is 10.8 Å². The lowest BCUT2D eigenvalue weighted by Crippen LogP contribution is -2.32. The van der Waals surface area contributed by atoms with Crippen LogP contribution in [0.25, 0.3) is 0 Å².